The quantitative estimate of drug-likeness (QED) is 0.418. The smallest absolute Gasteiger partial charge is 0.252 e. The Kier molecular flexibility index (Phi) is 6.67. The number of carbonyl (C=O) groups excluding carboxylic acids is 1. The minimum Gasteiger partial charge on any atom is -0.497 e. The molecule has 0 fully saturated rings. The van der Waals surface area contributed by atoms with E-state index in [1.807, 2.05) is 30.3 Å². The maximum Gasteiger partial charge on any atom is 0.252 e. The molecule has 3 aromatic heterocycles. The second-order valence-corrected chi connectivity index (χ2v) is 8.77. The molecule has 0 aliphatic carbocycles. The van der Waals surface area contributed by atoms with Gasteiger partial charge in [0.15, 0.2) is 0 Å². The molecular formula is C24H27N7O3. The van der Waals surface area contributed by atoms with Gasteiger partial charge in [-0.2, -0.15) is 14.8 Å². The molecular weight excluding hydrogens is 434 g/mol. The lowest BCUT2D eigenvalue weighted by atomic mass is 9.92. The van der Waals surface area contributed by atoms with E-state index in [0.29, 0.717) is 36.3 Å². The summed E-state index contributed by atoms with van der Waals surface area (Å²) in [7, 11) is 1.62. The molecule has 0 unspecified atom stereocenters. The molecule has 1 amide bonds. The van der Waals surface area contributed by atoms with Crippen molar-refractivity contribution in [1.29, 1.82) is 0 Å². The van der Waals surface area contributed by atoms with Gasteiger partial charge in [0.1, 0.15) is 11.6 Å². The van der Waals surface area contributed by atoms with Crippen LogP contribution in [0, 0.1) is 0 Å². The van der Waals surface area contributed by atoms with Crippen LogP contribution in [0.1, 0.15) is 45.2 Å². The van der Waals surface area contributed by atoms with E-state index in [1.165, 1.54) is 0 Å². The summed E-state index contributed by atoms with van der Waals surface area (Å²) >= 11 is 0. The average molecular weight is 462 g/mol. The van der Waals surface area contributed by atoms with Gasteiger partial charge in [0.05, 0.1) is 12.8 Å². The highest BCUT2D eigenvalue weighted by atomic mass is 16.5. The fraction of sp³-hybridized carbons (Fsp3) is 0.333. The molecule has 0 aliphatic heterocycles. The van der Waals surface area contributed by atoms with Gasteiger partial charge >= 0.3 is 0 Å². The Bertz CT molecular complexity index is 1240. The Balaban J connectivity index is 1.37. The largest absolute Gasteiger partial charge is 0.497 e. The standard InChI is InChI=1S/C24H27N7O3/c1-24(2,3)18-15-19(31(29-18)23-25-13-6-14-26-23)27-20(32)7-5-8-21-28-22(30-34-21)16-9-11-17(33-4)12-10-16/h6,9-15H,5,7-8H2,1-4H3,(H,27,32). The topological polar surface area (TPSA) is 121 Å². The lowest BCUT2D eigenvalue weighted by Crippen LogP contribution is -2.16. The molecule has 1 aromatic carbocycles. The van der Waals surface area contributed by atoms with Crippen molar-refractivity contribution in [2.24, 2.45) is 0 Å². The van der Waals surface area contributed by atoms with E-state index in [0.717, 1.165) is 17.0 Å². The van der Waals surface area contributed by atoms with Crippen LogP contribution in [-0.2, 0) is 16.6 Å². The summed E-state index contributed by atoms with van der Waals surface area (Å²) in [4.78, 5) is 25.6. The van der Waals surface area contributed by atoms with Crippen molar-refractivity contribution in [2.75, 3.05) is 12.4 Å². The molecule has 0 radical (unpaired) electrons. The molecule has 10 nitrogen and oxygen atoms in total. The van der Waals surface area contributed by atoms with E-state index in [9.17, 15) is 4.79 Å². The van der Waals surface area contributed by atoms with Gasteiger partial charge in [-0.05, 0) is 36.8 Å². The molecule has 0 atom stereocenters. The molecule has 176 valence electrons. The normalized spacial score (nSPS) is 11.4. The number of rotatable bonds is 8. The van der Waals surface area contributed by atoms with Crippen molar-refractivity contribution in [1.82, 2.24) is 29.9 Å². The minimum absolute atomic E-state index is 0.146. The van der Waals surface area contributed by atoms with Crippen molar-refractivity contribution in [3.63, 3.8) is 0 Å². The van der Waals surface area contributed by atoms with Crippen molar-refractivity contribution < 1.29 is 14.1 Å². The molecule has 4 aromatic rings. The zero-order valence-corrected chi connectivity index (χ0v) is 19.6. The zero-order valence-electron chi connectivity index (χ0n) is 19.6. The predicted molar refractivity (Wildman–Crippen MR) is 126 cm³/mol. The number of hydrogen-bond acceptors (Lipinski definition) is 8. The van der Waals surface area contributed by atoms with Gasteiger partial charge in [0.25, 0.3) is 5.95 Å². The van der Waals surface area contributed by atoms with Gasteiger partial charge in [-0.3, -0.25) is 4.79 Å². The first-order chi connectivity index (χ1) is 16.3. The first-order valence-corrected chi connectivity index (χ1v) is 11.0. The second-order valence-electron chi connectivity index (χ2n) is 8.77. The predicted octanol–water partition coefficient (Wildman–Crippen LogP) is 3.98. The number of carbonyl (C=O) groups is 1. The van der Waals surface area contributed by atoms with Crippen LogP contribution >= 0.6 is 0 Å². The molecule has 0 spiro atoms. The summed E-state index contributed by atoms with van der Waals surface area (Å²) in [6.07, 6.45) is 4.60. The van der Waals surface area contributed by atoms with Gasteiger partial charge in [0, 0.05) is 42.3 Å². The summed E-state index contributed by atoms with van der Waals surface area (Å²) in [5, 5.41) is 11.6. The number of nitrogens with one attached hydrogen (secondary N) is 1. The number of methoxy groups -OCH3 is 1. The highest BCUT2D eigenvalue weighted by Crippen LogP contribution is 2.25. The lowest BCUT2D eigenvalue weighted by Gasteiger charge is -2.13. The minimum atomic E-state index is -0.195. The molecule has 1 N–H and O–H groups in total. The third-order valence-electron chi connectivity index (χ3n) is 5.10. The van der Waals surface area contributed by atoms with Crippen molar-refractivity contribution in [3.05, 3.63) is 60.4 Å². The van der Waals surface area contributed by atoms with Crippen LogP contribution in [-0.4, -0.2) is 42.9 Å². The highest BCUT2D eigenvalue weighted by molar-refractivity contribution is 5.90. The first-order valence-electron chi connectivity index (χ1n) is 11.0. The van der Waals surface area contributed by atoms with Crippen molar-refractivity contribution in [3.8, 4) is 23.1 Å². The first kappa shape index (κ1) is 23.1. The Morgan fingerprint density at radius 1 is 1.15 bits per heavy atom. The van der Waals surface area contributed by atoms with Crippen LogP contribution in [0.15, 0.2) is 53.3 Å². The van der Waals surface area contributed by atoms with E-state index in [-0.39, 0.29) is 17.7 Å². The van der Waals surface area contributed by atoms with Gasteiger partial charge in [0.2, 0.25) is 17.6 Å². The summed E-state index contributed by atoms with van der Waals surface area (Å²) in [5.41, 5.74) is 1.46. The summed E-state index contributed by atoms with van der Waals surface area (Å²) in [6.45, 7) is 6.17. The third-order valence-corrected chi connectivity index (χ3v) is 5.10. The number of hydrogen-bond donors (Lipinski definition) is 1. The molecule has 0 saturated heterocycles. The summed E-state index contributed by atoms with van der Waals surface area (Å²) < 4.78 is 12.1. The lowest BCUT2D eigenvalue weighted by molar-refractivity contribution is -0.116. The molecule has 10 heteroatoms. The molecule has 34 heavy (non-hydrogen) atoms. The molecule has 0 bridgehead atoms. The Hall–Kier alpha value is -4.08. The number of aromatic nitrogens is 6. The number of ether oxygens (including phenoxy) is 1. The van der Waals surface area contributed by atoms with E-state index >= 15 is 0 Å². The summed E-state index contributed by atoms with van der Waals surface area (Å²) in [5.74, 6) is 2.52. The van der Waals surface area contributed by atoms with E-state index in [1.54, 1.807) is 30.3 Å². The van der Waals surface area contributed by atoms with Gasteiger partial charge in [-0.15, -0.1) is 0 Å². The SMILES string of the molecule is COc1ccc(-c2noc(CCCC(=O)Nc3cc(C(C)(C)C)nn3-c3ncccn3)n2)cc1. The Morgan fingerprint density at radius 2 is 1.88 bits per heavy atom. The number of nitrogens with zero attached hydrogens (tertiary/aromatic N) is 6. The fourth-order valence-electron chi connectivity index (χ4n) is 3.21. The molecule has 3 heterocycles. The van der Waals surface area contributed by atoms with Gasteiger partial charge < -0.3 is 14.6 Å². The maximum atomic E-state index is 12.7. The highest BCUT2D eigenvalue weighted by Gasteiger charge is 2.22. The van der Waals surface area contributed by atoms with Crippen LogP contribution in [0.25, 0.3) is 17.3 Å². The fourth-order valence-corrected chi connectivity index (χ4v) is 3.21. The van der Waals surface area contributed by atoms with Crippen molar-refractivity contribution >= 4 is 11.7 Å². The number of anilines is 1. The third kappa shape index (κ3) is 5.45. The molecule has 4 rings (SSSR count). The zero-order chi connectivity index (χ0) is 24.1. The maximum absolute atomic E-state index is 12.7. The van der Waals surface area contributed by atoms with E-state index < -0.39 is 0 Å². The number of aryl methyl sites for hydroxylation is 1. The van der Waals surface area contributed by atoms with Crippen LogP contribution in [0.2, 0.25) is 0 Å². The van der Waals surface area contributed by atoms with E-state index in [2.05, 4.69) is 51.3 Å². The Labute approximate surface area is 197 Å². The monoisotopic (exact) mass is 461 g/mol. The van der Waals surface area contributed by atoms with Crippen LogP contribution in [0.5, 0.6) is 5.75 Å². The van der Waals surface area contributed by atoms with Crippen LogP contribution in [0.4, 0.5) is 5.82 Å². The number of benzene rings is 1. The summed E-state index contributed by atoms with van der Waals surface area (Å²) in [6, 6.07) is 11.0. The molecule has 0 saturated carbocycles. The van der Waals surface area contributed by atoms with Gasteiger partial charge in [-0.25, -0.2) is 9.97 Å². The molecule has 0 aliphatic rings. The van der Waals surface area contributed by atoms with Crippen molar-refractivity contribution in [2.45, 2.75) is 45.4 Å². The van der Waals surface area contributed by atoms with E-state index in [4.69, 9.17) is 9.26 Å². The second kappa shape index (κ2) is 9.82. The van der Waals surface area contributed by atoms with Crippen LogP contribution < -0.4 is 10.1 Å². The van der Waals surface area contributed by atoms with Gasteiger partial charge in [-0.1, -0.05) is 25.9 Å². The number of amides is 1. The average Bonchev–Trinajstić information content (AvgIpc) is 3.47. The van der Waals surface area contributed by atoms with Crippen LogP contribution in [0.3, 0.4) is 0 Å². The Morgan fingerprint density at radius 3 is 2.56 bits per heavy atom.